The van der Waals surface area contributed by atoms with Crippen molar-refractivity contribution in [2.24, 2.45) is 11.7 Å². The summed E-state index contributed by atoms with van der Waals surface area (Å²) in [7, 11) is 0. The van der Waals surface area contributed by atoms with Gasteiger partial charge in [0.05, 0.1) is 0 Å². The Morgan fingerprint density at radius 3 is 2.74 bits per heavy atom. The van der Waals surface area contributed by atoms with Gasteiger partial charge in [0.1, 0.15) is 0 Å². The van der Waals surface area contributed by atoms with Crippen molar-refractivity contribution in [2.75, 3.05) is 19.9 Å². The van der Waals surface area contributed by atoms with Crippen LogP contribution in [0, 0.1) is 5.92 Å². The van der Waals surface area contributed by atoms with Crippen LogP contribution in [-0.4, -0.2) is 30.7 Å². The third kappa shape index (κ3) is 2.66. The summed E-state index contributed by atoms with van der Waals surface area (Å²) in [5.74, 6) is 1.52. The first-order chi connectivity index (χ1) is 9.22. The van der Waals surface area contributed by atoms with Crippen LogP contribution in [0.1, 0.15) is 18.4 Å². The van der Waals surface area contributed by atoms with Crippen LogP contribution in [0.2, 0.25) is 0 Å². The van der Waals surface area contributed by atoms with Crippen LogP contribution in [0.5, 0.6) is 11.5 Å². The molecule has 0 aromatic heterocycles. The van der Waals surface area contributed by atoms with E-state index in [0.29, 0.717) is 6.79 Å². The number of carbonyl (C=O) groups excluding carboxylic acids is 1. The second kappa shape index (κ2) is 5.09. The summed E-state index contributed by atoms with van der Waals surface area (Å²) >= 11 is 0. The summed E-state index contributed by atoms with van der Waals surface area (Å²) in [6.07, 6.45) is 1.72. The lowest BCUT2D eigenvalue weighted by atomic mass is 9.96. The van der Waals surface area contributed by atoms with Crippen molar-refractivity contribution in [3.63, 3.8) is 0 Å². The van der Waals surface area contributed by atoms with Crippen LogP contribution < -0.4 is 15.2 Å². The highest BCUT2D eigenvalue weighted by atomic mass is 16.7. The standard InChI is InChI=1S/C14H18N2O3/c15-14(17)11-3-5-16(6-4-11)8-10-1-2-12-13(7-10)19-9-18-12/h1-2,7,11H,3-6,8-9H2,(H2,15,17). The largest absolute Gasteiger partial charge is 0.454 e. The zero-order valence-electron chi connectivity index (χ0n) is 10.8. The number of rotatable bonds is 3. The summed E-state index contributed by atoms with van der Waals surface area (Å²) in [4.78, 5) is 13.5. The zero-order valence-corrected chi connectivity index (χ0v) is 10.8. The minimum Gasteiger partial charge on any atom is -0.454 e. The molecule has 1 fully saturated rings. The van der Waals surface area contributed by atoms with Gasteiger partial charge in [0.25, 0.3) is 0 Å². The van der Waals surface area contributed by atoms with Gasteiger partial charge in [-0.3, -0.25) is 9.69 Å². The second-order valence-electron chi connectivity index (χ2n) is 5.14. The Bertz CT molecular complexity index is 482. The number of piperidine rings is 1. The Labute approximate surface area is 112 Å². The average Bonchev–Trinajstić information content (AvgIpc) is 2.87. The molecule has 19 heavy (non-hydrogen) atoms. The van der Waals surface area contributed by atoms with E-state index in [0.717, 1.165) is 44.0 Å². The number of fused-ring (bicyclic) bond motifs is 1. The molecule has 0 radical (unpaired) electrons. The van der Waals surface area contributed by atoms with Crippen LogP contribution in [0.15, 0.2) is 18.2 Å². The third-order valence-corrected chi connectivity index (χ3v) is 3.83. The van der Waals surface area contributed by atoms with Crippen molar-refractivity contribution in [3.05, 3.63) is 23.8 Å². The summed E-state index contributed by atoms with van der Waals surface area (Å²) < 4.78 is 10.7. The van der Waals surface area contributed by atoms with E-state index in [4.69, 9.17) is 15.2 Å². The van der Waals surface area contributed by atoms with Gasteiger partial charge in [-0.1, -0.05) is 6.07 Å². The Kier molecular flexibility index (Phi) is 3.29. The average molecular weight is 262 g/mol. The van der Waals surface area contributed by atoms with Crippen LogP contribution in [-0.2, 0) is 11.3 Å². The fourth-order valence-electron chi connectivity index (χ4n) is 2.67. The highest BCUT2D eigenvalue weighted by molar-refractivity contribution is 5.76. The van der Waals surface area contributed by atoms with Crippen molar-refractivity contribution >= 4 is 5.91 Å². The molecule has 2 N–H and O–H groups in total. The molecule has 0 bridgehead atoms. The molecule has 0 saturated carbocycles. The molecule has 1 amide bonds. The van der Waals surface area contributed by atoms with Crippen LogP contribution in [0.25, 0.3) is 0 Å². The first-order valence-corrected chi connectivity index (χ1v) is 6.62. The number of ether oxygens (including phenoxy) is 2. The molecular formula is C14H18N2O3. The molecule has 2 heterocycles. The molecule has 0 atom stereocenters. The van der Waals surface area contributed by atoms with Gasteiger partial charge < -0.3 is 15.2 Å². The predicted molar refractivity (Wildman–Crippen MR) is 69.8 cm³/mol. The van der Waals surface area contributed by atoms with Crippen molar-refractivity contribution in [3.8, 4) is 11.5 Å². The smallest absolute Gasteiger partial charge is 0.231 e. The molecule has 3 rings (SSSR count). The van der Waals surface area contributed by atoms with Gasteiger partial charge in [-0.15, -0.1) is 0 Å². The van der Waals surface area contributed by atoms with Crippen molar-refractivity contribution in [2.45, 2.75) is 19.4 Å². The summed E-state index contributed by atoms with van der Waals surface area (Å²) in [6.45, 7) is 3.02. The van der Waals surface area contributed by atoms with Gasteiger partial charge >= 0.3 is 0 Å². The van der Waals surface area contributed by atoms with E-state index in [9.17, 15) is 4.79 Å². The van der Waals surface area contributed by atoms with Crippen LogP contribution in [0.4, 0.5) is 0 Å². The SMILES string of the molecule is NC(=O)C1CCN(Cc2ccc3c(c2)OCO3)CC1. The molecule has 102 valence electrons. The molecule has 2 aliphatic heterocycles. The summed E-state index contributed by atoms with van der Waals surface area (Å²) in [6, 6.07) is 6.05. The highest BCUT2D eigenvalue weighted by Crippen LogP contribution is 2.33. The zero-order chi connectivity index (χ0) is 13.2. The Balaban J connectivity index is 1.59. The first kappa shape index (κ1) is 12.3. The van der Waals surface area contributed by atoms with Gasteiger partial charge in [-0.2, -0.15) is 0 Å². The van der Waals surface area contributed by atoms with Gasteiger partial charge in [-0.05, 0) is 43.6 Å². The summed E-state index contributed by atoms with van der Waals surface area (Å²) in [5.41, 5.74) is 6.55. The number of carbonyl (C=O) groups is 1. The van der Waals surface area contributed by atoms with E-state index in [1.165, 1.54) is 5.56 Å². The quantitative estimate of drug-likeness (QED) is 0.886. The lowest BCUT2D eigenvalue weighted by Crippen LogP contribution is -2.38. The lowest BCUT2D eigenvalue weighted by Gasteiger charge is -2.30. The summed E-state index contributed by atoms with van der Waals surface area (Å²) in [5, 5.41) is 0. The molecule has 1 aromatic carbocycles. The molecule has 2 aliphatic rings. The van der Waals surface area contributed by atoms with E-state index < -0.39 is 0 Å². The fraction of sp³-hybridized carbons (Fsp3) is 0.500. The van der Waals surface area contributed by atoms with E-state index in [1.807, 2.05) is 12.1 Å². The monoisotopic (exact) mass is 262 g/mol. The number of hydrogen-bond acceptors (Lipinski definition) is 4. The third-order valence-electron chi connectivity index (χ3n) is 3.83. The van der Waals surface area contributed by atoms with E-state index in [2.05, 4.69) is 11.0 Å². The highest BCUT2D eigenvalue weighted by Gasteiger charge is 2.23. The van der Waals surface area contributed by atoms with Crippen molar-refractivity contribution in [1.29, 1.82) is 0 Å². The Hall–Kier alpha value is -1.75. The van der Waals surface area contributed by atoms with Crippen LogP contribution >= 0.6 is 0 Å². The molecule has 0 aliphatic carbocycles. The Morgan fingerprint density at radius 2 is 2.00 bits per heavy atom. The van der Waals surface area contributed by atoms with Crippen molar-refractivity contribution < 1.29 is 14.3 Å². The molecule has 5 nitrogen and oxygen atoms in total. The molecular weight excluding hydrogens is 244 g/mol. The Morgan fingerprint density at radius 1 is 1.26 bits per heavy atom. The molecule has 5 heteroatoms. The van der Waals surface area contributed by atoms with Crippen LogP contribution in [0.3, 0.4) is 0 Å². The number of benzene rings is 1. The van der Waals surface area contributed by atoms with Gasteiger partial charge in [0.15, 0.2) is 11.5 Å². The number of likely N-dealkylation sites (tertiary alicyclic amines) is 1. The van der Waals surface area contributed by atoms with Crippen molar-refractivity contribution in [1.82, 2.24) is 4.90 Å². The maximum atomic E-state index is 11.1. The van der Waals surface area contributed by atoms with E-state index in [-0.39, 0.29) is 11.8 Å². The topological polar surface area (TPSA) is 64.8 Å². The molecule has 0 unspecified atom stereocenters. The maximum absolute atomic E-state index is 11.1. The maximum Gasteiger partial charge on any atom is 0.231 e. The van der Waals surface area contributed by atoms with Gasteiger partial charge in [0.2, 0.25) is 12.7 Å². The first-order valence-electron chi connectivity index (χ1n) is 6.62. The van der Waals surface area contributed by atoms with Gasteiger partial charge in [-0.25, -0.2) is 0 Å². The van der Waals surface area contributed by atoms with E-state index in [1.54, 1.807) is 0 Å². The van der Waals surface area contributed by atoms with Gasteiger partial charge in [0, 0.05) is 12.5 Å². The predicted octanol–water partition coefficient (Wildman–Crippen LogP) is 1.11. The number of nitrogens with two attached hydrogens (primary N) is 1. The second-order valence-corrected chi connectivity index (χ2v) is 5.14. The normalized spacial score (nSPS) is 19.6. The lowest BCUT2D eigenvalue weighted by molar-refractivity contribution is -0.123. The number of primary amides is 1. The number of hydrogen-bond donors (Lipinski definition) is 1. The fourth-order valence-corrected chi connectivity index (χ4v) is 2.67. The van der Waals surface area contributed by atoms with E-state index >= 15 is 0 Å². The minimum atomic E-state index is -0.164. The number of amides is 1. The molecule has 1 saturated heterocycles. The molecule has 0 spiro atoms. The number of nitrogens with zero attached hydrogens (tertiary/aromatic N) is 1. The molecule has 1 aromatic rings. The minimum absolute atomic E-state index is 0.0491.